The van der Waals surface area contributed by atoms with Crippen LogP contribution in [0, 0.1) is 12.3 Å². The normalized spacial score (nSPS) is 18.6. The number of nitrogens with one attached hydrogen (secondary N) is 1. The molecule has 0 saturated heterocycles. The number of aliphatic hydroxyl groups is 1. The van der Waals surface area contributed by atoms with Crippen molar-refractivity contribution in [3.05, 3.63) is 11.9 Å². The maximum Gasteiger partial charge on any atom is 0.131 e. The van der Waals surface area contributed by atoms with Gasteiger partial charge in [0, 0.05) is 18.0 Å². The number of nitrogens with zero attached hydrogens (tertiary/aromatic N) is 2. The second kappa shape index (κ2) is 5.52. The molecule has 0 aliphatic heterocycles. The van der Waals surface area contributed by atoms with E-state index in [1.165, 1.54) is 19.3 Å². The molecule has 2 rings (SSSR count). The van der Waals surface area contributed by atoms with Crippen molar-refractivity contribution in [1.82, 2.24) is 9.97 Å². The minimum atomic E-state index is 0.00582. The summed E-state index contributed by atoms with van der Waals surface area (Å²) in [5.74, 6) is 1.89. The number of hydrogen-bond acceptors (Lipinski definition) is 5. The van der Waals surface area contributed by atoms with E-state index >= 15 is 0 Å². The first kappa shape index (κ1) is 13.1. The molecule has 1 fully saturated rings. The number of nitrogens with two attached hydrogens (primary N) is 1. The average molecular weight is 250 g/mol. The minimum Gasteiger partial charge on any atom is -0.396 e. The summed E-state index contributed by atoms with van der Waals surface area (Å²) in [4.78, 5) is 8.34. The van der Waals surface area contributed by atoms with Crippen LogP contribution in [0.5, 0.6) is 0 Å². The van der Waals surface area contributed by atoms with Crippen LogP contribution in [0.15, 0.2) is 6.07 Å². The molecule has 1 aromatic heterocycles. The van der Waals surface area contributed by atoms with Crippen molar-refractivity contribution < 1.29 is 5.11 Å². The molecule has 18 heavy (non-hydrogen) atoms. The molecule has 5 nitrogen and oxygen atoms in total. The smallest absolute Gasteiger partial charge is 0.131 e. The topological polar surface area (TPSA) is 84.1 Å². The largest absolute Gasteiger partial charge is 0.396 e. The standard InChI is InChI=1S/C13H22N4O/c1-10-16-11(14)7-12(17-10)15-8-13(9-18)5-3-2-4-6-13/h7,18H,2-6,8-9H2,1H3,(H3,14,15,16,17). The fraction of sp³-hybridized carbons (Fsp3) is 0.692. The van der Waals surface area contributed by atoms with Gasteiger partial charge in [0.2, 0.25) is 0 Å². The van der Waals surface area contributed by atoms with Crippen molar-refractivity contribution in [3.8, 4) is 0 Å². The summed E-state index contributed by atoms with van der Waals surface area (Å²) in [5, 5.41) is 12.9. The molecule has 1 aliphatic rings. The summed E-state index contributed by atoms with van der Waals surface area (Å²) in [6.07, 6.45) is 5.84. The first-order chi connectivity index (χ1) is 8.63. The van der Waals surface area contributed by atoms with E-state index in [2.05, 4.69) is 15.3 Å². The zero-order valence-electron chi connectivity index (χ0n) is 10.9. The molecular formula is C13H22N4O. The molecule has 0 amide bonds. The van der Waals surface area contributed by atoms with Gasteiger partial charge in [0.1, 0.15) is 17.5 Å². The van der Waals surface area contributed by atoms with Gasteiger partial charge in [0.05, 0.1) is 6.61 Å². The Hall–Kier alpha value is -1.36. The zero-order valence-corrected chi connectivity index (χ0v) is 10.9. The third-order valence-corrected chi connectivity index (χ3v) is 3.75. The van der Waals surface area contributed by atoms with Gasteiger partial charge in [-0.05, 0) is 19.8 Å². The first-order valence-electron chi connectivity index (χ1n) is 6.59. The van der Waals surface area contributed by atoms with Crippen molar-refractivity contribution in [1.29, 1.82) is 0 Å². The van der Waals surface area contributed by atoms with E-state index in [0.29, 0.717) is 11.6 Å². The molecule has 0 spiro atoms. The second-order valence-corrected chi connectivity index (χ2v) is 5.30. The number of anilines is 2. The van der Waals surface area contributed by atoms with Crippen molar-refractivity contribution in [2.24, 2.45) is 5.41 Å². The summed E-state index contributed by atoms with van der Waals surface area (Å²) < 4.78 is 0. The van der Waals surface area contributed by atoms with Crippen LogP contribution >= 0.6 is 0 Å². The lowest BCUT2D eigenvalue weighted by Gasteiger charge is -2.35. The molecule has 100 valence electrons. The Morgan fingerprint density at radius 3 is 2.67 bits per heavy atom. The van der Waals surface area contributed by atoms with Gasteiger partial charge < -0.3 is 16.2 Å². The average Bonchev–Trinajstić information content (AvgIpc) is 2.36. The quantitative estimate of drug-likeness (QED) is 0.757. The summed E-state index contributed by atoms with van der Waals surface area (Å²) >= 11 is 0. The highest BCUT2D eigenvalue weighted by Crippen LogP contribution is 2.35. The Bertz CT molecular complexity index is 382. The van der Waals surface area contributed by atoms with Crippen molar-refractivity contribution in [2.75, 3.05) is 24.2 Å². The zero-order chi connectivity index (χ0) is 13.0. The summed E-state index contributed by atoms with van der Waals surface area (Å²) in [5.41, 5.74) is 5.70. The highest BCUT2D eigenvalue weighted by atomic mass is 16.3. The van der Waals surface area contributed by atoms with E-state index in [1.54, 1.807) is 6.07 Å². The van der Waals surface area contributed by atoms with E-state index < -0.39 is 0 Å². The third-order valence-electron chi connectivity index (χ3n) is 3.75. The molecule has 0 unspecified atom stereocenters. The number of nitrogen functional groups attached to an aromatic ring is 1. The van der Waals surface area contributed by atoms with Crippen LogP contribution < -0.4 is 11.1 Å². The van der Waals surface area contributed by atoms with E-state index in [1.807, 2.05) is 6.92 Å². The molecule has 0 atom stereocenters. The van der Waals surface area contributed by atoms with Crippen molar-refractivity contribution in [2.45, 2.75) is 39.0 Å². The van der Waals surface area contributed by atoms with Gasteiger partial charge in [-0.15, -0.1) is 0 Å². The molecule has 0 aromatic carbocycles. The van der Waals surface area contributed by atoms with E-state index in [9.17, 15) is 5.11 Å². The van der Waals surface area contributed by atoms with Gasteiger partial charge in [-0.3, -0.25) is 0 Å². The fourth-order valence-corrected chi connectivity index (χ4v) is 2.65. The Morgan fingerprint density at radius 1 is 1.33 bits per heavy atom. The molecule has 0 bridgehead atoms. The molecule has 5 heteroatoms. The summed E-state index contributed by atoms with van der Waals surface area (Å²) in [6, 6.07) is 1.74. The van der Waals surface area contributed by atoms with Gasteiger partial charge in [0.15, 0.2) is 0 Å². The highest BCUT2D eigenvalue weighted by molar-refractivity contribution is 5.44. The van der Waals surface area contributed by atoms with Crippen molar-refractivity contribution in [3.63, 3.8) is 0 Å². The molecule has 1 aliphatic carbocycles. The van der Waals surface area contributed by atoms with Gasteiger partial charge in [-0.1, -0.05) is 19.3 Å². The van der Waals surface area contributed by atoms with E-state index in [4.69, 9.17) is 5.73 Å². The Morgan fingerprint density at radius 2 is 2.06 bits per heavy atom. The molecule has 0 radical (unpaired) electrons. The second-order valence-electron chi connectivity index (χ2n) is 5.30. The number of aliphatic hydroxyl groups excluding tert-OH is 1. The lowest BCUT2D eigenvalue weighted by Crippen LogP contribution is -2.35. The van der Waals surface area contributed by atoms with Crippen LogP contribution in [0.1, 0.15) is 37.9 Å². The summed E-state index contributed by atoms with van der Waals surface area (Å²) in [6.45, 7) is 2.81. The number of aromatic nitrogens is 2. The predicted octanol–water partition coefficient (Wildman–Crippen LogP) is 1.72. The molecule has 1 heterocycles. The summed E-state index contributed by atoms with van der Waals surface area (Å²) in [7, 11) is 0. The Kier molecular flexibility index (Phi) is 4.01. The lowest BCUT2D eigenvalue weighted by molar-refractivity contribution is 0.0943. The highest BCUT2D eigenvalue weighted by Gasteiger charge is 2.31. The van der Waals surface area contributed by atoms with Crippen LogP contribution in [0.25, 0.3) is 0 Å². The monoisotopic (exact) mass is 250 g/mol. The van der Waals surface area contributed by atoms with Crippen LogP contribution in [0.4, 0.5) is 11.6 Å². The SMILES string of the molecule is Cc1nc(N)cc(NCC2(CO)CCCCC2)n1. The molecular weight excluding hydrogens is 228 g/mol. The lowest BCUT2D eigenvalue weighted by atomic mass is 9.74. The molecule has 4 N–H and O–H groups in total. The van der Waals surface area contributed by atoms with Crippen LogP contribution in [-0.2, 0) is 0 Å². The van der Waals surface area contributed by atoms with Gasteiger partial charge >= 0.3 is 0 Å². The fourth-order valence-electron chi connectivity index (χ4n) is 2.65. The van der Waals surface area contributed by atoms with Crippen LogP contribution in [0.2, 0.25) is 0 Å². The van der Waals surface area contributed by atoms with Gasteiger partial charge in [-0.25, -0.2) is 9.97 Å². The number of hydrogen-bond donors (Lipinski definition) is 3. The maximum absolute atomic E-state index is 9.63. The first-order valence-corrected chi connectivity index (χ1v) is 6.59. The third kappa shape index (κ3) is 3.10. The van der Waals surface area contributed by atoms with Crippen LogP contribution in [0.3, 0.4) is 0 Å². The Labute approximate surface area is 108 Å². The van der Waals surface area contributed by atoms with E-state index in [-0.39, 0.29) is 12.0 Å². The minimum absolute atomic E-state index is 0.00582. The molecule has 1 saturated carbocycles. The predicted molar refractivity (Wildman–Crippen MR) is 72.3 cm³/mol. The number of aryl methyl sites for hydroxylation is 1. The number of rotatable bonds is 4. The Balaban J connectivity index is 2.00. The van der Waals surface area contributed by atoms with Crippen LogP contribution in [-0.4, -0.2) is 28.2 Å². The van der Waals surface area contributed by atoms with Crippen molar-refractivity contribution >= 4 is 11.6 Å². The van der Waals surface area contributed by atoms with Gasteiger partial charge in [0.25, 0.3) is 0 Å². The van der Waals surface area contributed by atoms with Gasteiger partial charge in [-0.2, -0.15) is 0 Å². The maximum atomic E-state index is 9.63. The molecule has 1 aromatic rings. The van der Waals surface area contributed by atoms with E-state index in [0.717, 1.165) is 25.2 Å².